The topological polar surface area (TPSA) is 16.1 Å². The van der Waals surface area contributed by atoms with E-state index in [1.54, 1.807) is 6.20 Å². The number of nitrogens with zero attached hydrogens (tertiary/aromatic N) is 2. The Balaban J connectivity index is 1.53. The van der Waals surface area contributed by atoms with Crippen molar-refractivity contribution in [1.82, 2.24) is 4.98 Å². The lowest BCUT2D eigenvalue weighted by atomic mass is 9.97. The van der Waals surface area contributed by atoms with Crippen LogP contribution in [0.1, 0.15) is 5.56 Å². The Morgan fingerprint density at radius 3 is 1.45 bits per heavy atom. The average Bonchev–Trinajstić information content (AvgIpc) is 3.00. The summed E-state index contributed by atoms with van der Waals surface area (Å²) in [6.45, 7) is 2.13. The van der Waals surface area contributed by atoms with Crippen molar-refractivity contribution in [3.8, 4) is 33.4 Å². The van der Waals surface area contributed by atoms with Crippen molar-refractivity contribution < 1.29 is 0 Å². The zero-order valence-electron chi connectivity index (χ0n) is 21.3. The first-order chi connectivity index (χ1) is 18.7. The van der Waals surface area contributed by atoms with Gasteiger partial charge in [0.25, 0.3) is 0 Å². The molecule has 2 nitrogen and oxygen atoms in total. The van der Waals surface area contributed by atoms with Crippen LogP contribution in [0.3, 0.4) is 0 Å². The van der Waals surface area contributed by atoms with E-state index >= 15 is 0 Å². The van der Waals surface area contributed by atoms with Crippen LogP contribution in [0.5, 0.6) is 0 Å². The highest BCUT2D eigenvalue weighted by atomic mass is 15.1. The maximum absolute atomic E-state index is 4.29. The van der Waals surface area contributed by atoms with Gasteiger partial charge in [0.05, 0.1) is 0 Å². The average molecular weight is 489 g/mol. The zero-order valence-corrected chi connectivity index (χ0v) is 21.3. The number of aryl methyl sites for hydroxylation is 1. The quantitative estimate of drug-likeness (QED) is 0.232. The van der Waals surface area contributed by atoms with E-state index in [4.69, 9.17) is 0 Å². The molecule has 182 valence electrons. The number of rotatable bonds is 6. The van der Waals surface area contributed by atoms with Gasteiger partial charge in [0.15, 0.2) is 0 Å². The number of benzene rings is 5. The zero-order chi connectivity index (χ0) is 25.7. The highest BCUT2D eigenvalue weighted by Crippen LogP contribution is 2.40. The van der Waals surface area contributed by atoms with Crippen LogP contribution in [-0.2, 0) is 0 Å². The molecule has 1 heterocycles. The van der Waals surface area contributed by atoms with Crippen molar-refractivity contribution in [1.29, 1.82) is 0 Å². The number of anilines is 3. The Hall–Kier alpha value is -4.95. The molecular weight excluding hydrogens is 460 g/mol. The lowest BCUT2D eigenvalue weighted by molar-refractivity contribution is 1.27. The first-order valence-corrected chi connectivity index (χ1v) is 12.9. The largest absolute Gasteiger partial charge is 0.310 e. The minimum atomic E-state index is 1.10. The van der Waals surface area contributed by atoms with Gasteiger partial charge in [-0.15, -0.1) is 0 Å². The molecule has 0 aliphatic rings. The van der Waals surface area contributed by atoms with Crippen molar-refractivity contribution in [2.45, 2.75) is 6.92 Å². The van der Waals surface area contributed by atoms with Crippen LogP contribution >= 0.6 is 0 Å². The third kappa shape index (κ3) is 4.98. The van der Waals surface area contributed by atoms with Gasteiger partial charge < -0.3 is 4.90 Å². The van der Waals surface area contributed by atoms with Crippen LogP contribution in [-0.4, -0.2) is 4.98 Å². The van der Waals surface area contributed by atoms with Crippen molar-refractivity contribution >= 4 is 17.1 Å². The van der Waals surface area contributed by atoms with Gasteiger partial charge in [-0.3, -0.25) is 4.98 Å². The predicted molar refractivity (Wildman–Crippen MR) is 160 cm³/mol. The summed E-state index contributed by atoms with van der Waals surface area (Å²) in [5.41, 5.74) is 11.6. The summed E-state index contributed by atoms with van der Waals surface area (Å²) in [7, 11) is 0. The maximum Gasteiger partial charge on any atom is 0.0473 e. The Morgan fingerprint density at radius 2 is 0.921 bits per heavy atom. The van der Waals surface area contributed by atoms with Gasteiger partial charge in [0.2, 0.25) is 0 Å². The second-order valence-electron chi connectivity index (χ2n) is 9.46. The van der Waals surface area contributed by atoms with Crippen LogP contribution < -0.4 is 4.90 Å². The Morgan fingerprint density at radius 1 is 0.421 bits per heavy atom. The van der Waals surface area contributed by atoms with E-state index in [-0.39, 0.29) is 0 Å². The fourth-order valence-corrected chi connectivity index (χ4v) is 4.81. The van der Waals surface area contributed by atoms with E-state index in [9.17, 15) is 0 Å². The van der Waals surface area contributed by atoms with Crippen LogP contribution in [0.15, 0.2) is 152 Å². The summed E-state index contributed by atoms with van der Waals surface area (Å²) in [6.07, 6.45) is 3.71. The first kappa shape index (κ1) is 23.4. The molecule has 0 spiro atoms. The maximum atomic E-state index is 4.29. The summed E-state index contributed by atoms with van der Waals surface area (Å²) in [6, 6.07) is 49.6. The van der Waals surface area contributed by atoms with E-state index in [1.807, 2.05) is 12.3 Å². The molecule has 0 N–H and O–H groups in total. The minimum Gasteiger partial charge on any atom is -0.310 e. The highest BCUT2D eigenvalue weighted by molar-refractivity contribution is 5.85. The number of hydrogen-bond acceptors (Lipinski definition) is 2. The highest BCUT2D eigenvalue weighted by Gasteiger charge is 2.16. The van der Waals surface area contributed by atoms with Crippen LogP contribution in [0, 0.1) is 6.92 Å². The molecule has 2 heteroatoms. The first-order valence-electron chi connectivity index (χ1n) is 12.9. The summed E-state index contributed by atoms with van der Waals surface area (Å²) in [5, 5.41) is 0. The van der Waals surface area contributed by atoms with Crippen LogP contribution in [0.25, 0.3) is 33.4 Å². The van der Waals surface area contributed by atoms with Gasteiger partial charge in [-0.2, -0.15) is 0 Å². The Kier molecular flexibility index (Phi) is 6.53. The van der Waals surface area contributed by atoms with Gasteiger partial charge in [-0.05, 0) is 88.8 Å². The Bertz CT molecular complexity index is 1570. The molecule has 0 saturated carbocycles. The second-order valence-corrected chi connectivity index (χ2v) is 9.46. The SMILES string of the molecule is Cc1ccc(N(c2ccc(-c3cccnc3)cc2)c2cc(-c3ccccc3)cc(-c3ccccc3)c2)cc1. The summed E-state index contributed by atoms with van der Waals surface area (Å²) in [4.78, 5) is 6.63. The van der Waals surface area contributed by atoms with E-state index in [2.05, 4.69) is 150 Å². The number of aromatic nitrogens is 1. The van der Waals surface area contributed by atoms with Crippen molar-refractivity contribution in [2.75, 3.05) is 4.90 Å². The standard InChI is InChI=1S/C36H28N2/c1-27-14-18-34(19-15-27)38(35-20-16-30(17-21-35)31-13-8-22-37-26-31)36-24-32(28-9-4-2-5-10-28)23-33(25-36)29-11-6-3-7-12-29/h2-26H,1H3. The monoisotopic (exact) mass is 488 g/mol. The molecule has 0 unspecified atom stereocenters. The summed E-state index contributed by atoms with van der Waals surface area (Å²) < 4.78 is 0. The van der Waals surface area contributed by atoms with Gasteiger partial charge in [0, 0.05) is 29.5 Å². The van der Waals surface area contributed by atoms with Gasteiger partial charge in [-0.25, -0.2) is 0 Å². The molecule has 6 rings (SSSR count). The van der Waals surface area contributed by atoms with Gasteiger partial charge in [-0.1, -0.05) is 96.6 Å². The van der Waals surface area contributed by atoms with E-state index in [1.165, 1.54) is 27.8 Å². The molecule has 0 radical (unpaired) electrons. The van der Waals surface area contributed by atoms with E-state index < -0.39 is 0 Å². The molecule has 0 bridgehead atoms. The number of pyridine rings is 1. The summed E-state index contributed by atoms with van der Waals surface area (Å²) in [5.74, 6) is 0. The fraction of sp³-hybridized carbons (Fsp3) is 0.0278. The lowest BCUT2D eigenvalue weighted by Gasteiger charge is -2.27. The molecule has 0 fully saturated rings. The summed E-state index contributed by atoms with van der Waals surface area (Å²) >= 11 is 0. The molecule has 38 heavy (non-hydrogen) atoms. The molecule has 1 aromatic heterocycles. The Labute approximate surface area is 224 Å². The molecule has 6 aromatic rings. The van der Waals surface area contributed by atoms with E-state index in [0.717, 1.165) is 28.2 Å². The molecule has 0 aliphatic carbocycles. The van der Waals surface area contributed by atoms with Crippen molar-refractivity contribution in [2.24, 2.45) is 0 Å². The molecule has 0 aliphatic heterocycles. The molecule has 0 saturated heterocycles. The third-order valence-electron chi connectivity index (χ3n) is 6.80. The lowest BCUT2D eigenvalue weighted by Crippen LogP contribution is -2.10. The molecule has 0 amide bonds. The van der Waals surface area contributed by atoms with Gasteiger partial charge >= 0.3 is 0 Å². The number of hydrogen-bond donors (Lipinski definition) is 0. The smallest absolute Gasteiger partial charge is 0.0473 e. The van der Waals surface area contributed by atoms with Crippen molar-refractivity contribution in [3.63, 3.8) is 0 Å². The molecule has 5 aromatic carbocycles. The van der Waals surface area contributed by atoms with Crippen LogP contribution in [0.2, 0.25) is 0 Å². The minimum absolute atomic E-state index is 1.10. The second kappa shape index (κ2) is 10.6. The fourth-order valence-electron chi connectivity index (χ4n) is 4.81. The van der Waals surface area contributed by atoms with Gasteiger partial charge in [0.1, 0.15) is 0 Å². The third-order valence-corrected chi connectivity index (χ3v) is 6.80. The van der Waals surface area contributed by atoms with Crippen LogP contribution in [0.4, 0.5) is 17.1 Å². The predicted octanol–water partition coefficient (Wildman–Crippen LogP) is 9.86. The molecule has 0 atom stereocenters. The van der Waals surface area contributed by atoms with E-state index in [0.29, 0.717) is 0 Å². The molecular formula is C36H28N2. The van der Waals surface area contributed by atoms with Crippen molar-refractivity contribution in [3.05, 3.63) is 157 Å². The normalized spacial score (nSPS) is 10.8.